The number of benzene rings is 1. The standard InChI is InChI=1S/C15H15N3O3/c1-19-13-7-10-3-5-16-15(12(10)8-14(13)20-2)17-9-11-4-6-21-18-11/h3-8H,9H2,1-2H3,(H,16,17). The van der Waals surface area contributed by atoms with Gasteiger partial charge in [-0.2, -0.15) is 0 Å². The molecule has 0 bridgehead atoms. The Labute approximate surface area is 121 Å². The van der Waals surface area contributed by atoms with E-state index in [1.54, 1.807) is 26.7 Å². The van der Waals surface area contributed by atoms with E-state index in [1.165, 1.54) is 0 Å². The molecule has 0 saturated carbocycles. The number of fused-ring (bicyclic) bond motifs is 1. The molecule has 2 aromatic heterocycles. The van der Waals surface area contributed by atoms with Gasteiger partial charge in [0.25, 0.3) is 0 Å². The van der Waals surface area contributed by atoms with E-state index in [0.717, 1.165) is 22.3 Å². The fourth-order valence-electron chi connectivity index (χ4n) is 2.14. The Balaban J connectivity index is 1.98. The summed E-state index contributed by atoms with van der Waals surface area (Å²) in [6.45, 7) is 0.539. The number of rotatable bonds is 5. The van der Waals surface area contributed by atoms with Gasteiger partial charge in [-0.1, -0.05) is 5.16 Å². The zero-order valence-corrected chi connectivity index (χ0v) is 11.8. The summed E-state index contributed by atoms with van der Waals surface area (Å²) in [5.74, 6) is 2.12. The predicted octanol–water partition coefficient (Wildman–Crippen LogP) is 2.85. The van der Waals surface area contributed by atoms with Crippen molar-refractivity contribution in [2.45, 2.75) is 6.54 Å². The van der Waals surface area contributed by atoms with Crippen LogP contribution in [0.15, 0.2) is 41.2 Å². The molecule has 21 heavy (non-hydrogen) atoms. The van der Waals surface area contributed by atoms with Crippen molar-refractivity contribution < 1.29 is 14.0 Å². The van der Waals surface area contributed by atoms with Crippen molar-refractivity contribution in [3.8, 4) is 11.5 Å². The largest absolute Gasteiger partial charge is 0.493 e. The number of hydrogen-bond acceptors (Lipinski definition) is 6. The highest BCUT2D eigenvalue weighted by Gasteiger charge is 2.10. The van der Waals surface area contributed by atoms with Gasteiger partial charge in [0.05, 0.1) is 20.8 Å². The molecule has 6 heteroatoms. The minimum atomic E-state index is 0.539. The van der Waals surface area contributed by atoms with Crippen LogP contribution < -0.4 is 14.8 Å². The first-order valence-electron chi connectivity index (χ1n) is 6.45. The molecule has 1 aromatic carbocycles. The van der Waals surface area contributed by atoms with Gasteiger partial charge in [-0.15, -0.1) is 0 Å². The Bertz CT molecular complexity index is 741. The Hall–Kier alpha value is -2.76. The summed E-state index contributed by atoms with van der Waals surface area (Å²) >= 11 is 0. The number of anilines is 1. The minimum absolute atomic E-state index is 0.539. The SMILES string of the molecule is COc1cc2ccnc(NCc3ccon3)c2cc1OC. The van der Waals surface area contributed by atoms with E-state index in [0.29, 0.717) is 18.0 Å². The number of hydrogen-bond donors (Lipinski definition) is 1. The van der Waals surface area contributed by atoms with Crippen LogP contribution in [0.3, 0.4) is 0 Å². The molecule has 0 amide bonds. The number of ether oxygens (including phenoxy) is 2. The lowest BCUT2D eigenvalue weighted by molar-refractivity contribution is 0.356. The highest BCUT2D eigenvalue weighted by atomic mass is 16.5. The summed E-state index contributed by atoms with van der Waals surface area (Å²) in [5, 5.41) is 9.09. The topological polar surface area (TPSA) is 69.4 Å². The third-order valence-electron chi connectivity index (χ3n) is 3.20. The van der Waals surface area contributed by atoms with Gasteiger partial charge in [-0.3, -0.25) is 0 Å². The Kier molecular flexibility index (Phi) is 3.59. The number of methoxy groups -OCH3 is 2. The molecule has 0 unspecified atom stereocenters. The highest BCUT2D eigenvalue weighted by Crippen LogP contribution is 2.34. The van der Waals surface area contributed by atoms with Crippen molar-refractivity contribution >= 4 is 16.6 Å². The van der Waals surface area contributed by atoms with Crippen molar-refractivity contribution in [2.75, 3.05) is 19.5 Å². The number of aromatic nitrogens is 2. The zero-order valence-electron chi connectivity index (χ0n) is 11.8. The maximum Gasteiger partial charge on any atom is 0.161 e. The van der Waals surface area contributed by atoms with Crippen LogP contribution in [0.4, 0.5) is 5.82 Å². The van der Waals surface area contributed by atoms with Crippen LogP contribution in [0.2, 0.25) is 0 Å². The molecule has 0 saturated heterocycles. The second-order valence-corrected chi connectivity index (χ2v) is 4.43. The summed E-state index contributed by atoms with van der Waals surface area (Å²) in [4.78, 5) is 4.37. The quantitative estimate of drug-likeness (QED) is 0.777. The normalized spacial score (nSPS) is 10.6. The molecule has 0 spiro atoms. The van der Waals surface area contributed by atoms with Crippen LogP contribution >= 0.6 is 0 Å². The van der Waals surface area contributed by atoms with Gasteiger partial charge in [-0.25, -0.2) is 4.98 Å². The molecular formula is C15H15N3O3. The molecule has 0 radical (unpaired) electrons. The number of nitrogens with one attached hydrogen (secondary N) is 1. The molecule has 108 valence electrons. The van der Waals surface area contributed by atoms with Crippen molar-refractivity contribution in [3.05, 3.63) is 42.4 Å². The predicted molar refractivity (Wildman–Crippen MR) is 78.7 cm³/mol. The first kappa shape index (κ1) is 13.2. The second kappa shape index (κ2) is 5.70. The molecule has 6 nitrogen and oxygen atoms in total. The van der Waals surface area contributed by atoms with Crippen molar-refractivity contribution in [1.82, 2.24) is 10.1 Å². The van der Waals surface area contributed by atoms with Crippen LogP contribution in [0.5, 0.6) is 11.5 Å². The molecule has 3 aromatic rings. The molecule has 0 atom stereocenters. The van der Waals surface area contributed by atoms with Crippen LogP contribution in [0.25, 0.3) is 10.8 Å². The molecule has 0 fully saturated rings. The second-order valence-electron chi connectivity index (χ2n) is 4.43. The molecule has 1 N–H and O–H groups in total. The van der Waals surface area contributed by atoms with E-state index in [1.807, 2.05) is 24.3 Å². The van der Waals surface area contributed by atoms with E-state index in [4.69, 9.17) is 14.0 Å². The lowest BCUT2D eigenvalue weighted by Gasteiger charge is -2.12. The van der Waals surface area contributed by atoms with Crippen LogP contribution in [0.1, 0.15) is 5.69 Å². The Morgan fingerprint density at radius 1 is 1.14 bits per heavy atom. The summed E-state index contributed by atoms with van der Waals surface area (Å²) in [7, 11) is 3.23. The first-order valence-corrected chi connectivity index (χ1v) is 6.45. The fraction of sp³-hybridized carbons (Fsp3) is 0.200. The maximum atomic E-state index is 5.34. The smallest absolute Gasteiger partial charge is 0.161 e. The molecular weight excluding hydrogens is 270 g/mol. The molecule has 2 heterocycles. The molecule has 3 rings (SSSR count). The summed E-state index contributed by atoms with van der Waals surface area (Å²) in [5.41, 5.74) is 0.814. The van der Waals surface area contributed by atoms with Gasteiger partial charge in [0.2, 0.25) is 0 Å². The van der Waals surface area contributed by atoms with E-state index in [2.05, 4.69) is 15.5 Å². The zero-order chi connectivity index (χ0) is 14.7. The van der Waals surface area contributed by atoms with Crippen LogP contribution in [-0.4, -0.2) is 24.4 Å². The Morgan fingerprint density at radius 3 is 2.67 bits per heavy atom. The highest BCUT2D eigenvalue weighted by molar-refractivity contribution is 5.94. The van der Waals surface area contributed by atoms with Crippen molar-refractivity contribution in [2.24, 2.45) is 0 Å². The van der Waals surface area contributed by atoms with Gasteiger partial charge in [-0.05, 0) is 23.6 Å². The third kappa shape index (κ3) is 2.60. The lowest BCUT2D eigenvalue weighted by Crippen LogP contribution is -2.02. The summed E-state index contributed by atoms with van der Waals surface area (Å²) < 4.78 is 15.5. The molecule has 0 aliphatic carbocycles. The van der Waals surface area contributed by atoms with Crippen molar-refractivity contribution in [3.63, 3.8) is 0 Å². The van der Waals surface area contributed by atoms with Gasteiger partial charge in [0, 0.05) is 17.6 Å². The van der Waals surface area contributed by atoms with Crippen LogP contribution in [0, 0.1) is 0 Å². The Morgan fingerprint density at radius 2 is 1.95 bits per heavy atom. The van der Waals surface area contributed by atoms with Gasteiger partial charge >= 0.3 is 0 Å². The average molecular weight is 285 g/mol. The van der Waals surface area contributed by atoms with E-state index < -0.39 is 0 Å². The van der Waals surface area contributed by atoms with Gasteiger partial charge in [0.15, 0.2) is 11.5 Å². The van der Waals surface area contributed by atoms with Gasteiger partial charge < -0.3 is 19.3 Å². The van der Waals surface area contributed by atoms with Crippen molar-refractivity contribution in [1.29, 1.82) is 0 Å². The molecule has 0 aliphatic rings. The maximum absolute atomic E-state index is 5.34. The first-order chi connectivity index (χ1) is 10.3. The molecule has 0 aliphatic heterocycles. The van der Waals surface area contributed by atoms with E-state index in [9.17, 15) is 0 Å². The van der Waals surface area contributed by atoms with E-state index >= 15 is 0 Å². The summed E-state index contributed by atoms with van der Waals surface area (Å²) in [6, 6.07) is 7.57. The lowest BCUT2D eigenvalue weighted by atomic mass is 10.1. The van der Waals surface area contributed by atoms with E-state index in [-0.39, 0.29) is 0 Å². The average Bonchev–Trinajstić information content (AvgIpc) is 3.04. The monoisotopic (exact) mass is 285 g/mol. The number of nitrogens with zero attached hydrogens (tertiary/aromatic N) is 2. The third-order valence-corrected chi connectivity index (χ3v) is 3.20. The number of pyridine rings is 1. The van der Waals surface area contributed by atoms with Gasteiger partial charge in [0.1, 0.15) is 17.8 Å². The fourth-order valence-corrected chi connectivity index (χ4v) is 2.14. The summed E-state index contributed by atoms with van der Waals surface area (Å²) in [6.07, 6.45) is 3.29. The minimum Gasteiger partial charge on any atom is -0.493 e. The van der Waals surface area contributed by atoms with Crippen LogP contribution in [-0.2, 0) is 6.54 Å².